The smallest absolute Gasteiger partial charge is 0.107 e. The Morgan fingerprint density at radius 1 is 0.679 bits per heavy atom. The summed E-state index contributed by atoms with van der Waals surface area (Å²) < 4.78 is 0. The van der Waals surface area contributed by atoms with Gasteiger partial charge in [0.05, 0.1) is 16.8 Å². The highest BCUT2D eigenvalue weighted by Gasteiger charge is 2.18. The van der Waals surface area contributed by atoms with Crippen LogP contribution in [0.4, 0.5) is 0 Å². The first-order valence-electron chi connectivity index (χ1n) is 8.72. The molecule has 0 unspecified atom stereocenters. The lowest BCUT2D eigenvalue weighted by atomic mass is 9.94. The molecule has 130 valence electrons. The molecule has 0 spiro atoms. The second-order valence-electron chi connectivity index (χ2n) is 6.16. The van der Waals surface area contributed by atoms with E-state index in [1.807, 2.05) is 72.8 Å². The van der Waals surface area contributed by atoms with Gasteiger partial charge < -0.3 is 0 Å². The Bertz CT molecular complexity index is 1220. The Labute approximate surface area is 163 Å². The maximum absolute atomic E-state index is 9.90. The largest absolute Gasteiger partial charge is 0.255 e. The first-order valence-corrected chi connectivity index (χ1v) is 8.72. The minimum absolute atomic E-state index is 0.350. The van der Waals surface area contributed by atoms with E-state index in [1.165, 1.54) is 6.20 Å². The molecule has 4 rings (SSSR count). The Morgan fingerprint density at radius 2 is 1.36 bits per heavy atom. The van der Waals surface area contributed by atoms with E-state index in [0.29, 0.717) is 28.1 Å². The van der Waals surface area contributed by atoms with Crippen LogP contribution in [0.15, 0.2) is 85.2 Å². The molecule has 0 N–H and O–H groups in total. The lowest BCUT2D eigenvalue weighted by Crippen LogP contribution is -1.98. The highest BCUT2D eigenvalue weighted by Crippen LogP contribution is 2.33. The van der Waals surface area contributed by atoms with Crippen molar-refractivity contribution in [1.29, 1.82) is 10.5 Å². The van der Waals surface area contributed by atoms with Crippen LogP contribution in [0.1, 0.15) is 11.1 Å². The maximum Gasteiger partial charge on any atom is 0.107 e. The van der Waals surface area contributed by atoms with Crippen LogP contribution >= 0.6 is 0 Å². The summed E-state index contributed by atoms with van der Waals surface area (Å²) >= 11 is 0. The molecular formula is C24H14N4. The number of nitriles is 2. The molecule has 0 radical (unpaired) electrons. The molecule has 4 nitrogen and oxygen atoms in total. The van der Waals surface area contributed by atoms with Crippen LogP contribution in [0.3, 0.4) is 0 Å². The van der Waals surface area contributed by atoms with E-state index in [9.17, 15) is 10.5 Å². The number of aromatic nitrogens is 2. The minimum atomic E-state index is 0.350. The van der Waals surface area contributed by atoms with Crippen molar-refractivity contribution in [3.63, 3.8) is 0 Å². The molecule has 0 aliphatic heterocycles. The van der Waals surface area contributed by atoms with E-state index >= 15 is 0 Å². The molecule has 0 aliphatic carbocycles. The molecule has 2 aromatic carbocycles. The second-order valence-corrected chi connectivity index (χ2v) is 6.16. The van der Waals surface area contributed by atoms with Gasteiger partial charge in [0.1, 0.15) is 17.8 Å². The average molecular weight is 358 g/mol. The summed E-state index contributed by atoms with van der Waals surface area (Å²) in [5.74, 6) is 0. The maximum atomic E-state index is 9.90. The quantitative estimate of drug-likeness (QED) is 0.503. The van der Waals surface area contributed by atoms with Crippen LogP contribution in [0.2, 0.25) is 0 Å². The molecule has 2 heterocycles. The van der Waals surface area contributed by atoms with E-state index in [0.717, 1.165) is 16.7 Å². The van der Waals surface area contributed by atoms with E-state index in [1.54, 1.807) is 6.20 Å². The SMILES string of the molecule is N#Cc1cnc(-c2cc(-c3ccccc3)ccn2)c(C#N)c1-c1ccccc1. The van der Waals surface area contributed by atoms with Gasteiger partial charge in [0.2, 0.25) is 0 Å². The summed E-state index contributed by atoms with van der Waals surface area (Å²) in [7, 11) is 0. The monoisotopic (exact) mass is 358 g/mol. The molecule has 4 aromatic rings. The van der Waals surface area contributed by atoms with Gasteiger partial charge in [-0.25, -0.2) is 0 Å². The standard InChI is InChI=1S/C24H14N4/c25-14-20-16-28-24(21(15-26)23(20)18-9-5-2-6-10-18)22-13-19(11-12-27-22)17-7-3-1-4-8-17/h1-13,16H. The molecule has 0 amide bonds. The van der Waals surface area contributed by atoms with Crippen molar-refractivity contribution in [3.8, 4) is 45.8 Å². The normalized spacial score (nSPS) is 10.1. The lowest BCUT2D eigenvalue weighted by Gasteiger charge is -2.11. The second kappa shape index (κ2) is 7.53. The molecule has 0 saturated heterocycles. The van der Waals surface area contributed by atoms with Crippen molar-refractivity contribution in [2.24, 2.45) is 0 Å². The summed E-state index contributed by atoms with van der Waals surface area (Å²) in [4.78, 5) is 8.84. The van der Waals surface area contributed by atoms with Crippen molar-refractivity contribution < 1.29 is 0 Å². The topological polar surface area (TPSA) is 73.4 Å². The lowest BCUT2D eigenvalue weighted by molar-refractivity contribution is 1.22. The predicted molar refractivity (Wildman–Crippen MR) is 108 cm³/mol. The zero-order valence-corrected chi connectivity index (χ0v) is 14.9. The zero-order valence-electron chi connectivity index (χ0n) is 14.9. The Kier molecular flexibility index (Phi) is 4.61. The van der Waals surface area contributed by atoms with Gasteiger partial charge in [-0.2, -0.15) is 10.5 Å². The molecule has 4 heteroatoms. The summed E-state index contributed by atoms with van der Waals surface area (Å²) in [6, 6.07) is 27.6. The van der Waals surface area contributed by atoms with Crippen LogP contribution in [-0.4, -0.2) is 9.97 Å². The molecule has 0 bridgehead atoms. The number of pyridine rings is 2. The highest BCUT2D eigenvalue weighted by atomic mass is 14.8. The average Bonchev–Trinajstić information content (AvgIpc) is 2.79. The third-order valence-electron chi connectivity index (χ3n) is 4.48. The number of rotatable bonds is 3. The molecule has 0 fully saturated rings. The first-order chi connectivity index (χ1) is 13.8. The third-order valence-corrected chi connectivity index (χ3v) is 4.48. The number of benzene rings is 2. The summed E-state index contributed by atoms with van der Waals surface area (Å²) in [5, 5.41) is 19.4. The van der Waals surface area contributed by atoms with Gasteiger partial charge in [0, 0.05) is 18.0 Å². The van der Waals surface area contributed by atoms with Crippen LogP contribution in [-0.2, 0) is 0 Å². The van der Waals surface area contributed by atoms with Crippen molar-refractivity contribution in [3.05, 3.63) is 96.3 Å². The molecule has 0 saturated carbocycles. The van der Waals surface area contributed by atoms with Gasteiger partial charge in [-0.05, 0) is 28.8 Å². The minimum Gasteiger partial charge on any atom is -0.255 e. The summed E-state index contributed by atoms with van der Waals surface area (Å²) in [6.07, 6.45) is 3.22. The fourth-order valence-electron chi connectivity index (χ4n) is 3.17. The Hall–Kier alpha value is -4.28. The van der Waals surface area contributed by atoms with Gasteiger partial charge in [-0.3, -0.25) is 9.97 Å². The molecule has 2 aromatic heterocycles. The van der Waals surface area contributed by atoms with Gasteiger partial charge >= 0.3 is 0 Å². The summed E-state index contributed by atoms with van der Waals surface area (Å²) in [5.41, 5.74) is 5.22. The van der Waals surface area contributed by atoms with Crippen molar-refractivity contribution in [1.82, 2.24) is 9.97 Å². The first kappa shape index (κ1) is 17.1. The van der Waals surface area contributed by atoms with Crippen molar-refractivity contribution >= 4 is 0 Å². The molecule has 0 atom stereocenters. The number of hydrogen-bond donors (Lipinski definition) is 0. The third kappa shape index (κ3) is 3.11. The number of hydrogen-bond acceptors (Lipinski definition) is 4. The van der Waals surface area contributed by atoms with E-state index in [2.05, 4.69) is 22.1 Å². The van der Waals surface area contributed by atoms with Gasteiger partial charge in [-0.1, -0.05) is 60.7 Å². The fourth-order valence-corrected chi connectivity index (χ4v) is 3.17. The van der Waals surface area contributed by atoms with Crippen LogP contribution < -0.4 is 0 Å². The van der Waals surface area contributed by atoms with E-state index in [4.69, 9.17) is 0 Å². The van der Waals surface area contributed by atoms with Crippen molar-refractivity contribution in [2.75, 3.05) is 0 Å². The van der Waals surface area contributed by atoms with Crippen LogP contribution in [0.25, 0.3) is 33.6 Å². The molecule has 0 aliphatic rings. The van der Waals surface area contributed by atoms with E-state index < -0.39 is 0 Å². The summed E-state index contributed by atoms with van der Waals surface area (Å²) in [6.45, 7) is 0. The molecule has 28 heavy (non-hydrogen) atoms. The predicted octanol–water partition coefficient (Wildman–Crippen LogP) is 5.22. The van der Waals surface area contributed by atoms with Gasteiger partial charge in [0.25, 0.3) is 0 Å². The van der Waals surface area contributed by atoms with Gasteiger partial charge in [-0.15, -0.1) is 0 Å². The highest BCUT2D eigenvalue weighted by molar-refractivity contribution is 5.83. The van der Waals surface area contributed by atoms with Crippen molar-refractivity contribution in [2.45, 2.75) is 0 Å². The fraction of sp³-hybridized carbons (Fsp3) is 0. The van der Waals surface area contributed by atoms with Crippen LogP contribution in [0, 0.1) is 22.7 Å². The van der Waals surface area contributed by atoms with E-state index in [-0.39, 0.29) is 0 Å². The number of nitrogens with zero attached hydrogens (tertiary/aromatic N) is 4. The Morgan fingerprint density at radius 3 is 2.00 bits per heavy atom. The molecular weight excluding hydrogens is 344 g/mol. The van der Waals surface area contributed by atoms with Crippen LogP contribution in [0.5, 0.6) is 0 Å². The van der Waals surface area contributed by atoms with Gasteiger partial charge in [0.15, 0.2) is 0 Å². The Balaban J connectivity index is 1.93. The zero-order chi connectivity index (χ0) is 19.3.